The van der Waals surface area contributed by atoms with Crippen molar-refractivity contribution in [2.75, 3.05) is 49.9 Å². The van der Waals surface area contributed by atoms with Crippen molar-refractivity contribution >= 4 is 28.2 Å². The average Bonchev–Trinajstić information content (AvgIpc) is 2.80. The van der Waals surface area contributed by atoms with Crippen LogP contribution in [0.15, 0.2) is 48.7 Å². The van der Waals surface area contributed by atoms with Crippen LogP contribution in [0, 0.1) is 5.92 Å². The SMILES string of the molecule is CN(C)c1ccnc(N[C@H]2CC[C@@H](CNCc3ccc(N(C)C)c4ccccc34)CC2)n1. The van der Waals surface area contributed by atoms with E-state index in [0.29, 0.717) is 6.04 Å². The maximum atomic E-state index is 4.60. The normalized spacial score (nSPS) is 18.5. The van der Waals surface area contributed by atoms with Gasteiger partial charge in [-0.05, 0) is 61.2 Å². The molecule has 0 saturated heterocycles. The highest BCUT2D eigenvalue weighted by molar-refractivity contribution is 5.96. The molecular formula is C26H36N6. The van der Waals surface area contributed by atoms with Crippen LogP contribution < -0.4 is 20.4 Å². The van der Waals surface area contributed by atoms with Crippen molar-refractivity contribution < 1.29 is 0 Å². The molecule has 1 heterocycles. The van der Waals surface area contributed by atoms with Crippen molar-refractivity contribution in [3.63, 3.8) is 0 Å². The maximum Gasteiger partial charge on any atom is 0.224 e. The second-order valence-electron chi connectivity index (χ2n) is 9.31. The zero-order chi connectivity index (χ0) is 22.5. The van der Waals surface area contributed by atoms with E-state index in [9.17, 15) is 0 Å². The van der Waals surface area contributed by atoms with E-state index in [1.165, 1.54) is 47.7 Å². The van der Waals surface area contributed by atoms with Gasteiger partial charge in [-0.3, -0.25) is 0 Å². The van der Waals surface area contributed by atoms with Gasteiger partial charge in [0.15, 0.2) is 0 Å². The minimum atomic E-state index is 0.464. The highest BCUT2D eigenvalue weighted by Gasteiger charge is 2.21. The fourth-order valence-electron chi connectivity index (χ4n) is 4.66. The fourth-order valence-corrected chi connectivity index (χ4v) is 4.66. The highest BCUT2D eigenvalue weighted by Crippen LogP contribution is 2.29. The summed E-state index contributed by atoms with van der Waals surface area (Å²) in [6.07, 6.45) is 6.64. The first kappa shape index (κ1) is 22.3. The molecule has 1 saturated carbocycles. The van der Waals surface area contributed by atoms with Crippen LogP contribution in [0.25, 0.3) is 10.8 Å². The van der Waals surface area contributed by atoms with Crippen LogP contribution in [0.5, 0.6) is 0 Å². The Morgan fingerprint density at radius 3 is 2.34 bits per heavy atom. The third-order valence-corrected chi connectivity index (χ3v) is 6.50. The molecule has 0 radical (unpaired) electrons. The fraction of sp³-hybridized carbons (Fsp3) is 0.462. The van der Waals surface area contributed by atoms with E-state index in [4.69, 9.17) is 0 Å². The van der Waals surface area contributed by atoms with Crippen LogP contribution in [0.2, 0.25) is 0 Å². The topological polar surface area (TPSA) is 56.3 Å². The Morgan fingerprint density at radius 2 is 1.62 bits per heavy atom. The van der Waals surface area contributed by atoms with Gasteiger partial charge in [-0.15, -0.1) is 0 Å². The van der Waals surface area contributed by atoms with Crippen molar-refractivity contribution in [3.05, 3.63) is 54.2 Å². The molecule has 0 bridgehead atoms. The van der Waals surface area contributed by atoms with Gasteiger partial charge in [0.05, 0.1) is 0 Å². The van der Waals surface area contributed by atoms with Gasteiger partial charge in [-0.1, -0.05) is 30.3 Å². The van der Waals surface area contributed by atoms with Crippen molar-refractivity contribution in [2.24, 2.45) is 5.92 Å². The molecule has 1 aliphatic rings. The summed E-state index contributed by atoms with van der Waals surface area (Å²) in [6.45, 7) is 1.99. The van der Waals surface area contributed by atoms with Crippen molar-refractivity contribution in [1.82, 2.24) is 15.3 Å². The molecule has 3 aromatic rings. The molecule has 170 valence electrons. The molecule has 0 unspecified atom stereocenters. The van der Waals surface area contributed by atoms with Crippen LogP contribution in [0.3, 0.4) is 0 Å². The lowest BCUT2D eigenvalue weighted by atomic mass is 9.86. The molecule has 6 heteroatoms. The van der Waals surface area contributed by atoms with E-state index in [1.807, 2.05) is 31.3 Å². The van der Waals surface area contributed by atoms with Gasteiger partial charge in [0.25, 0.3) is 0 Å². The minimum absolute atomic E-state index is 0.464. The molecule has 1 fully saturated rings. The largest absolute Gasteiger partial charge is 0.377 e. The Kier molecular flexibility index (Phi) is 7.10. The second kappa shape index (κ2) is 10.2. The first-order chi connectivity index (χ1) is 15.5. The van der Waals surface area contributed by atoms with Gasteiger partial charge < -0.3 is 20.4 Å². The molecule has 1 aromatic heterocycles. The van der Waals surface area contributed by atoms with Gasteiger partial charge >= 0.3 is 0 Å². The number of anilines is 3. The van der Waals surface area contributed by atoms with Crippen LogP contribution in [0.4, 0.5) is 17.5 Å². The monoisotopic (exact) mass is 432 g/mol. The van der Waals surface area contributed by atoms with Gasteiger partial charge in [-0.2, -0.15) is 4.98 Å². The van der Waals surface area contributed by atoms with Gasteiger partial charge in [0.1, 0.15) is 5.82 Å². The van der Waals surface area contributed by atoms with Crippen molar-refractivity contribution in [3.8, 4) is 0 Å². The predicted molar refractivity (Wildman–Crippen MR) is 136 cm³/mol. The van der Waals surface area contributed by atoms with E-state index in [-0.39, 0.29) is 0 Å². The zero-order valence-electron chi connectivity index (χ0n) is 19.8. The summed E-state index contributed by atoms with van der Waals surface area (Å²) < 4.78 is 0. The standard InChI is InChI=1S/C26H36N6/c1-31(2)24-14-11-20(22-7-5-6-8-23(22)24)18-27-17-19-9-12-21(13-10-19)29-26-28-16-15-25(30-26)32(3)4/h5-8,11,14-16,19,21,27H,9-10,12-13,17-18H2,1-4H3,(H,28,29,30)/t19-,21+. The second-order valence-corrected chi connectivity index (χ2v) is 9.31. The summed E-state index contributed by atoms with van der Waals surface area (Å²) in [4.78, 5) is 13.2. The average molecular weight is 433 g/mol. The lowest BCUT2D eigenvalue weighted by molar-refractivity contribution is 0.324. The number of fused-ring (bicyclic) bond motifs is 1. The summed E-state index contributed by atoms with van der Waals surface area (Å²) in [6, 6.07) is 15.6. The Labute approximate surface area is 192 Å². The molecule has 0 spiro atoms. The summed E-state index contributed by atoms with van der Waals surface area (Å²) >= 11 is 0. The Bertz CT molecular complexity index is 1020. The number of aromatic nitrogens is 2. The van der Waals surface area contributed by atoms with Gasteiger partial charge in [0.2, 0.25) is 5.95 Å². The van der Waals surface area contributed by atoms with Crippen LogP contribution in [-0.4, -0.2) is 50.7 Å². The number of hydrogen-bond donors (Lipinski definition) is 2. The maximum absolute atomic E-state index is 4.60. The quantitative estimate of drug-likeness (QED) is 0.546. The number of hydrogen-bond acceptors (Lipinski definition) is 6. The summed E-state index contributed by atoms with van der Waals surface area (Å²) in [5.41, 5.74) is 2.65. The lowest BCUT2D eigenvalue weighted by Gasteiger charge is -2.29. The molecule has 2 N–H and O–H groups in total. The van der Waals surface area contributed by atoms with Gasteiger partial charge in [0, 0.05) is 58.0 Å². The molecule has 0 aliphatic heterocycles. The Hall–Kier alpha value is -2.86. The van der Waals surface area contributed by atoms with E-state index in [1.54, 1.807) is 0 Å². The van der Waals surface area contributed by atoms with Crippen molar-refractivity contribution in [2.45, 2.75) is 38.3 Å². The van der Waals surface area contributed by atoms with Crippen LogP contribution >= 0.6 is 0 Å². The van der Waals surface area contributed by atoms with Crippen LogP contribution in [-0.2, 0) is 6.54 Å². The van der Waals surface area contributed by atoms with Gasteiger partial charge in [-0.25, -0.2) is 4.98 Å². The number of nitrogens with zero attached hydrogens (tertiary/aromatic N) is 4. The third kappa shape index (κ3) is 5.30. The van der Waals surface area contributed by atoms with E-state index < -0.39 is 0 Å². The van der Waals surface area contributed by atoms with E-state index >= 15 is 0 Å². The summed E-state index contributed by atoms with van der Waals surface area (Å²) in [5.74, 6) is 2.41. The lowest BCUT2D eigenvalue weighted by Crippen LogP contribution is -2.31. The molecule has 0 amide bonds. The summed E-state index contributed by atoms with van der Waals surface area (Å²) in [7, 11) is 8.22. The number of nitrogens with one attached hydrogen (secondary N) is 2. The molecule has 6 nitrogen and oxygen atoms in total. The first-order valence-electron chi connectivity index (χ1n) is 11.7. The smallest absolute Gasteiger partial charge is 0.224 e. The third-order valence-electron chi connectivity index (χ3n) is 6.50. The van der Waals surface area contributed by atoms with Crippen LogP contribution in [0.1, 0.15) is 31.2 Å². The van der Waals surface area contributed by atoms with E-state index in [2.05, 4.69) is 76.0 Å². The molecule has 4 rings (SSSR count). The number of benzene rings is 2. The Morgan fingerprint density at radius 1 is 0.875 bits per heavy atom. The Balaban J connectivity index is 1.27. The molecule has 1 aliphatic carbocycles. The van der Waals surface area contributed by atoms with Crippen molar-refractivity contribution in [1.29, 1.82) is 0 Å². The molecular weight excluding hydrogens is 396 g/mol. The minimum Gasteiger partial charge on any atom is -0.377 e. The zero-order valence-corrected chi connectivity index (χ0v) is 19.8. The molecule has 2 aromatic carbocycles. The molecule has 32 heavy (non-hydrogen) atoms. The summed E-state index contributed by atoms with van der Waals surface area (Å²) in [5, 5.41) is 9.94. The first-order valence-corrected chi connectivity index (χ1v) is 11.7. The van der Waals surface area contributed by atoms with E-state index in [0.717, 1.165) is 30.8 Å². The molecule has 0 atom stereocenters. The predicted octanol–water partition coefficient (Wildman–Crippen LogP) is 4.52. The highest BCUT2D eigenvalue weighted by atomic mass is 15.2. The number of rotatable bonds is 8.